The van der Waals surface area contributed by atoms with Crippen LogP contribution in [0.2, 0.25) is 0 Å². The topological polar surface area (TPSA) is 87.3 Å². The zero-order valence-electron chi connectivity index (χ0n) is 11.9. The van der Waals surface area contributed by atoms with E-state index in [4.69, 9.17) is 4.74 Å². The molecule has 2 N–H and O–H groups in total. The zero-order valence-corrected chi connectivity index (χ0v) is 12.7. The summed E-state index contributed by atoms with van der Waals surface area (Å²) in [6, 6.07) is -0.161. The van der Waals surface area contributed by atoms with E-state index in [-0.39, 0.29) is 11.1 Å². The fourth-order valence-electron chi connectivity index (χ4n) is 2.20. The van der Waals surface area contributed by atoms with Crippen LogP contribution in [-0.2, 0) is 21.2 Å². The summed E-state index contributed by atoms with van der Waals surface area (Å²) in [5, 5.41) is 0.128. The van der Waals surface area contributed by atoms with Gasteiger partial charge in [-0.3, -0.25) is 4.90 Å². The predicted molar refractivity (Wildman–Crippen MR) is 75.0 cm³/mol. The van der Waals surface area contributed by atoms with Crippen LogP contribution in [0, 0.1) is 0 Å². The highest BCUT2D eigenvalue weighted by atomic mass is 32.2. The minimum Gasteiger partial charge on any atom is -0.379 e. The number of aromatic amines is 1. The highest BCUT2D eigenvalue weighted by Crippen LogP contribution is 2.07. The molecule has 0 aliphatic carbocycles. The number of hydrogen-bond donors (Lipinski definition) is 2. The molecule has 1 aromatic rings. The van der Waals surface area contributed by atoms with Gasteiger partial charge in [-0.1, -0.05) is 6.92 Å². The first-order valence-electron chi connectivity index (χ1n) is 6.87. The van der Waals surface area contributed by atoms with Crippen molar-refractivity contribution in [2.75, 3.05) is 32.8 Å². The first-order chi connectivity index (χ1) is 9.51. The van der Waals surface area contributed by atoms with Gasteiger partial charge in [0, 0.05) is 32.1 Å². The van der Waals surface area contributed by atoms with Crippen LogP contribution >= 0.6 is 0 Å². The molecule has 0 radical (unpaired) electrons. The van der Waals surface area contributed by atoms with Gasteiger partial charge in [0.05, 0.1) is 19.4 Å². The molecule has 2 heterocycles. The van der Waals surface area contributed by atoms with Gasteiger partial charge in [-0.15, -0.1) is 0 Å². The summed E-state index contributed by atoms with van der Waals surface area (Å²) in [5.74, 6) is 0.672. The molecule has 1 aliphatic heterocycles. The molecule has 0 unspecified atom stereocenters. The number of nitrogens with zero attached hydrogens (tertiary/aromatic N) is 2. The van der Waals surface area contributed by atoms with Gasteiger partial charge in [-0.25, -0.2) is 18.1 Å². The van der Waals surface area contributed by atoms with E-state index in [0.29, 0.717) is 32.0 Å². The van der Waals surface area contributed by atoms with E-state index in [9.17, 15) is 8.42 Å². The minimum absolute atomic E-state index is 0.128. The van der Waals surface area contributed by atoms with Crippen LogP contribution in [0.3, 0.4) is 0 Å². The van der Waals surface area contributed by atoms with Gasteiger partial charge in [-0.05, 0) is 6.92 Å². The van der Waals surface area contributed by atoms with Crippen LogP contribution in [0.5, 0.6) is 0 Å². The molecule has 1 saturated heterocycles. The molecule has 0 amide bonds. The van der Waals surface area contributed by atoms with Gasteiger partial charge in [0.2, 0.25) is 0 Å². The summed E-state index contributed by atoms with van der Waals surface area (Å²) in [6.45, 7) is 7.57. The molecule has 7 nitrogen and oxygen atoms in total. The largest absolute Gasteiger partial charge is 0.379 e. The first kappa shape index (κ1) is 15.4. The van der Waals surface area contributed by atoms with Gasteiger partial charge < -0.3 is 9.72 Å². The van der Waals surface area contributed by atoms with E-state index < -0.39 is 10.0 Å². The Morgan fingerprint density at radius 3 is 2.80 bits per heavy atom. The Morgan fingerprint density at radius 2 is 2.20 bits per heavy atom. The SMILES string of the molecule is CCc1ncc(S(=O)(=O)N[C@@H](C)CN2CCOCC2)[nH]1. The average Bonchev–Trinajstić information content (AvgIpc) is 2.88. The normalized spacial score (nSPS) is 19.1. The van der Waals surface area contributed by atoms with Crippen LogP contribution in [0.25, 0.3) is 0 Å². The molecular formula is C12H22N4O3S. The van der Waals surface area contributed by atoms with Crippen molar-refractivity contribution < 1.29 is 13.2 Å². The van der Waals surface area contributed by atoms with Gasteiger partial charge in [0.1, 0.15) is 5.82 Å². The summed E-state index contributed by atoms with van der Waals surface area (Å²) >= 11 is 0. The van der Waals surface area contributed by atoms with Gasteiger partial charge >= 0.3 is 0 Å². The number of imidazole rings is 1. The lowest BCUT2D eigenvalue weighted by Gasteiger charge is -2.29. The molecule has 0 saturated carbocycles. The lowest BCUT2D eigenvalue weighted by atomic mass is 10.3. The number of sulfonamides is 1. The molecular weight excluding hydrogens is 280 g/mol. The standard InChI is InChI=1S/C12H22N4O3S/c1-3-11-13-8-12(14-11)20(17,18)15-10(2)9-16-4-6-19-7-5-16/h8,10,15H,3-7,9H2,1-2H3,(H,13,14)/t10-/m0/s1. The maximum atomic E-state index is 12.2. The molecule has 1 aliphatic rings. The number of hydrogen-bond acceptors (Lipinski definition) is 5. The van der Waals surface area contributed by atoms with E-state index in [1.165, 1.54) is 6.20 Å². The predicted octanol–water partition coefficient (Wildman–Crippen LogP) is -0.0289. The van der Waals surface area contributed by atoms with Crippen LogP contribution in [-0.4, -0.2) is 62.2 Å². The van der Waals surface area contributed by atoms with Crippen molar-refractivity contribution in [1.82, 2.24) is 19.6 Å². The molecule has 8 heteroatoms. The van der Waals surface area contributed by atoms with Crippen molar-refractivity contribution in [3.8, 4) is 0 Å². The minimum atomic E-state index is -3.53. The van der Waals surface area contributed by atoms with E-state index in [2.05, 4.69) is 19.6 Å². The number of morpholine rings is 1. The Labute approximate surface area is 119 Å². The Kier molecular flexibility index (Phi) is 5.14. The second-order valence-electron chi connectivity index (χ2n) is 4.98. The third kappa shape index (κ3) is 4.02. The van der Waals surface area contributed by atoms with Crippen LogP contribution in [0.1, 0.15) is 19.7 Å². The van der Waals surface area contributed by atoms with E-state index in [1.807, 2.05) is 13.8 Å². The Bertz CT molecular complexity index is 523. The zero-order chi connectivity index (χ0) is 14.6. The molecule has 0 aromatic carbocycles. The number of rotatable bonds is 6. The molecule has 0 bridgehead atoms. The highest BCUT2D eigenvalue weighted by molar-refractivity contribution is 7.89. The number of H-pyrrole nitrogens is 1. The van der Waals surface area contributed by atoms with Crippen molar-refractivity contribution in [2.24, 2.45) is 0 Å². The van der Waals surface area contributed by atoms with Crippen molar-refractivity contribution in [2.45, 2.75) is 31.3 Å². The summed E-state index contributed by atoms with van der Waals surface area (Å²) in [6.07, 6.45) is 2.04. The number of aromatic nitrogens is 2. The fraction of sp³-hybridized carbons (Fsp3) is 0.750. The summed E-state index contributed by atoms with van der Waals surface area (Å²) < 4.78 is 32.3. The van der Waals surface area contributed by atoms with Crippen molar-refractivity contribution in [1.29, 1.82) is 0 Å². The summed E-state index contributed by atoms with van der Waals surface area (Å²) in [7, 11) is -3.53. The third-order valence-electron chi connectivity index (χ3n) is 3.22. The van der Waals surface area contributed by atoms with E-state index in [0.717, 1.165) is 13.1 Å². The lowest BCUT2D eigenvalue weighted by molar-refractivity contribution is 0.0354. The Hall–Kier alpha value is -0.960. The van der Waals surface area contributed by atoms with Crippen LogP contribution in [0.4, 0.5) is 0 Å². The summed E-state index contributed by atoms with van der Waals surface area (Å²) in [5.41, 5.74) is 0. The van der Waals surface area contributed by atoms with Crippen LogP contribution < -0.4 is 4.72 Å². The van der Waals surface area contributed by atoms with Gasteiger partial charge in [0.15, 0.2) is 5.03 Å². The smallest absolute Gasteiger partial charge is 0.257 e. The maximum absolute atomic E-state index is 12.2. The average molecular weight is 302 g/mol. The number of ether oxygens (including phenoxy) is 1. The number of nitrogens with one attached hydrogen (secondary N) is 2. The quantitative estimate of drug-likeness (QED) is 0.770. The Morgan fingerprint density at radius 1 is 1.50 bits per heavy atom. The van der Waals surface area contributed by atoms with Crippen molar-refractivity contribution in [3.05, 3.63) is 12.0 Å². The Balaban J connectivity index is 1.93. The van der Waals surface area contributed by atoms with Gasteiger partial charge in [-0.2, -0.15) is 0 Å². The lowest BCUT2D eigenvalue weighted by Crippen LogP contribution is -2.46. The second-order valence-corrected chi connectivity index (χ2v) is 6.67. The number of aryl methyl sites for hydroxylation is 1. The van der Waals surface area contributed by atoms with Crippen molar-refractivity contribution >= 4 is 10.0 Å². The maximum Gasteiger partial charge on any atom is 0.257 e. The highest BCUT2D eigenvalue weighted by Gasteiger charge is 2.21. The summed E-state index contributed by atoms with van der Waals surface area (Å²) in [4.78, 5) is 9.03. The van der Waals surface area contributed by atoms with E-state index in [1.54, 1.807) is 0 Å². The molecule has 20 heavy (non-hydrogen) atoms. The van der Waals surface area contributed by atoms with E-state index >= 15 is 0 Å². The molecule has 2 rings (SSSR count). The molecule has 1 aromatic heterocycles. The fourth-order valence-corrected chi connectivity index (χ4v) is 3.37. The monoisotopic (exact) mass is 302 g/mol. The first-order valence-corrected chi connectivity index (χ1v) is 8.36. The van der Waals surface area contributed by atoms with Crippen LogP contribution in [0.15, 0.2) is 11.2 Å². The third-order valence-corrected chi connectivity index (χ3v) is 4.72. The van der Waals surface area contributed by atoms with Gasteiger partial charge in [0.25, 0.3) is 10.0 Å². The molecule has 1 atom stereocenters. The second kappa shape index (κ2) is 6.66. The molecule has 0 spiro atoms. The molecule has 1 fully saturated rings. The molecule has 114 valence electrons. The van der Waals surface area contributed by atoms with Crippen molar-refractivity contribution in [3.63, 3.8) is 0 Å².